The number of thiophene rings is 1. The molecule has 0 saturated carbocycles. The molecule has 3 aromatic heterocycles. The average Bonchev–Trinajstić information content (AvgIpc) is 3.43. The van der Waals surface area contributed by atoms with Crippen LogP contribution in [0.25, 0.3) is 4.96 Å². The highest BCUT2D eigenvalue weighted by Crippen LogP contribution is 2.38. The molecular weight excluding hydrogens is 434 g/mol. The molecule has 4 aromatic rings. The van der Waals surface area contributed by atoms with Gasteiger partial charge in [-0.15, -0.1) is 34.4 Å². The van der Waals surface area contributed by atoms with Crippen molar-refractivity contribution >= 4 is 45.3 Å². The van der Waals surface area contributed by atoms with E-state index in [-0.39, 0.29) is 17.5 Å². The molecule has 152 valence electrons. The molecule has 8 heteroatoms. The molecular formula is C22H19N3O2S3. The Morgan fingerprint density at radius 3 is 2.90 bits per heavy atom. The van der Waals surface area contributed by atoms with Crippen molar-refractivity contribution in [3.05, 3.63) is 91.5 Å². The molecule has 30 heavy (non-hydrogen) atoms. The summed E-state index contributed by atoms with van der Waals surface area (Å²) in [6, 6.07) is 13.9. The Hall–Kier alpha value is -2.42. The van der Waals surface area contributed by atoms with Crippen LogP contribution < -0.4 is 5.56 Å². The third-order valence-corrected chi connectivity index (χ3v) is 7.94. The summed E-state index contributed by atoms with van der Waals surface area (Å²) in [5, 5.41) is 3.97. The van der Waals surface area contributed by atoms with Gasteiger partial charge >= 0.3 is 0 Å². The molecule has 1 amide bonds. The SMILES string of the molecule is O=C(CSCc1cc(=O)n2ccsc2n1)N1CCc2sccc2[C@H]1c1ccccc1. The summed E-state index contributed by atoms with van der Waals surface area (Å²) in [7, 11) is 0. The number of nitrogens with zero attached hydrogens (tertiary/aromatic N) is 3. The molecule has 1 aliphatic rings. The lowest BCUT2D eigenvalue weighted by molar-refractivity contribution is -0.130. The van der Waals surface area contributed by atoms with Crippen molar-refractivity contribution in [3.63, 3.8) is 0 Å². The van der Waals surface area contributed by atoms with Crippen molar-refractivity contribution in [1.82, 2.24) is 14.3 Å². The number of carbonyl (C=O) groups excluding carboxylic acids is 1. The lowest BCUT2D eigenvalue weighted by Crippen LogP contribution is -2.41. The van der Waals surface area contributed by atoms with Gasteiger partial charge in [-0.3, -0.25) is 14.0 Å². The first-order chi connectivity index (χ1) is 14.7. The second-order valence-electron chi connectivity index (χ2n) is 7.08. The van der Waals surface area contributed by atoms with Crippen molar-refractivity contribution in [2.45, 2.75) is 18.2 Å². The van der Waals surface area contributed by atoms with Crippen molar-refractivity contribution in [2.75, 3.05) is 12.3 Å². The Labute approximate surface area is 186 Å². The number of hydrogen-bond donors (Lipinski definition) is 0. The smallest absolute Gasteiger partial charge is 0.258 e. The molecule has 0 aliphatic carbocycles. The topological polar surface area (TPSA) is 54.7 Å². The summed E-state index contributed by atoms with van der Waals surface area (Å²) in [6.45, 7) is 0.729. The molecule has 5 rings (SSSR count). The minimum atomic E-state index is -0.0756. The van der Waals surface area contributed by atoms with Gasteiger partial charge in [0, 0.05) is 34.8 Å². The van der Waals surface area contributed by atoms with Crippen LogP contribution in [0.4, 0.5) is 0 Å². The molecule has 1 aromatic carbocycles. The first-order valence-corrected chi connectivity index (χ1v) is 12.6. The number of aromatic nitrogens is 2. The molecule has 0 bridgehead atoms. The normalized spacial score (nSPS) is 16.0. The zero-order chi connectivity index (χ0) is 20.5. The molecule has 5 nitrogen and oxygen atoms in total. The summed E-state index contributed by atoms with van der Waals surface area (Å²) in [4.78, 5) is 33.9. The number of benzene rings is 1. The fraction of sp³-hybridized carbons (Fsp3) is 0.227. The minimum absolute atomic E-state index is 0.0282. The van der Waals surface area contributed by atoms with E-state index in [0.717, 1.165) is 24.2 Å². The molecule has 1 atom stereocenters. The van der Waals surface area contributed by atoms with Gasteiger partial charge in [0.1, 0.15) is 0 Å². The van der Waals surface area contributed by atoms with Gasteiger partial charge < -0.3 is 4.90 Å². The Morgan fingerprint density at radius 1 is 1.17 bits per heavy atom. The van der Waals surface area contributed by atoms with Crippen LogP contribution in [-0.4, -0.2) is 32.5 Å². The molecule has 0 N–H and O–H groups in total. The fourth-order valence-electron chi connectivity index (χ4n) is 3.87. The first-order valence-electron chi connectivity index (χ1n) is 9.65. The maximum Gasteiger partial charge on any atom is 0.258 e. The fourth-order valence-corrected chi connectivity index (χ4v) is 6.31. The summed E-state index contributed by atoms with van der Waals surface area (Å²) in [5.74, 6) is 1.04. The third kappa shape index (κ3) is 3.71. The van der Waals surface area contributed by atoms with E-state index in [2.05, 4.69) is 28.6 Å². The standard InChI is InChI=1S/C22H19N3O2S3/c26-19-12-16(23-22-25(19)9-11-30-22)13-28-14-20(27)24-8-6-18-17(7-10-29-18)21(24)15-4-2-1-3-5-15/h1-5,7,9-12,21H,6,8,13-14H2/t21-/m1/s1. The van der Waals surface area contributed by atoms with Crippen molar-refractivity contribution in [3.8, 4) is 0 Å². The van der Waals surface area contributed by atoms with Gasteiger partial charge in [-0.25, -0.2) is 4.98 Å². The van der Waals surface area contributed by atoms with Gasteiger partial charge in [0.05, 0.1) is 17.5 Å². The Balaban J connectivity index is 1.31. The number of hydrogen-bond acceptors (Lipinski definition) is 6. The van der Waals surface area contributed by atoms with Gasteiger partial charge in [0.15, 0.2) is 4.96 Å². The molecule has 0 spiro atoms. The Morgan fingerprint density at radius 2 is 2.03 bits per heavy atom. The first kappa shape index (κ1) is 19.5. The van der Waals surface area contributed by atoms with Crippen LogP contribution in [-0.2, 0) is 17.0 Å². The van der Waals surface area contributed by atoms with E-state index in [1.165, 1.54) is 33.5 Å². The predicted octanol–water partition coefficient (Wildman–Crippen LogP) is 4.23. The van der Waals surface area contributed by atoms with Gasteiger partial charge in [-0.05, 0) is 29.0 Å². The maximum atomic E-state index is 13.2. The highest BCUT2D eigenvalue weighted by atomic mass is 32.2. The largest absolute Gasteiger partial charge is 0.330 e. The van der Waals surface area contributed by atoms with Gasteiger partial charge in [0.2, 0.25) is 5.91 Å². The predicted molar refractivity (Wildman–Crippen MR) is 124 cm³/mol. The van der Waals surface area contributed by atoms with Crippen LogP contribution in [0.3, 0.4) is 0 Å². The van der Waals surface area contributed by atoms with E-state index in [1.807, 2.05) is 28.5 Å². The van der Waals surface area contributed by atoms with Crippen molar-refractivity contribution < 1.29 is 4.79 Å². The number of amides is 1. The van der Waals surface area contributed by atoms with E-state index < -0.39 is 0 Å². The summed E-state index contributed by atoms with van der Waals surface area (Å²) < 4.78 is 1.54. The zero-order valence-corrected chi connectivity index (χ0v) is 18.5. The van der Waals surface area contributed by atoms with E-state index in [4.69, 9.17) is 0 Å². The summed E-state index contributed by atoms with van der Waals surface area (Å²) in [5.41, 5.74) is 3.04. The Kier molecular flexibility index (Phi) is 5.45. The van der Waals surface area contributed by atoms with Crippen LogP contribution in [0.5, 0.6) is 0 Å². The number of thiazole rings is 1. The molecule has 1 aliphatic heterocycles. The number of rotatable bonds is 5. The van der Waals surface area contributed by atoms with Gasteiger partial charge in [0.25, 0.3) is 5.56 Å². The molecule has 0 saturated heterocycles. The lowest BCUT2D eigenvalue weighted by atomic mass is 9.93. The van der Waals surface area contributed by atoms with Crippen LogP contribution in [0.15, 0.2) is 64.2 Å². The second-order valence-corrected chi connectivity index (χ2v) is 9.94. The quantitative estimate of drug-likeness (QED) is 0.454. The van der Waals surface area contributed by atoms with Crippen LogP contribution in [0.2, 0.25) is 0 Å². The zero-order valence-electron chi connectivity index (χ0n) is 16.1. The summed E-state index contributed by atoms with van der Waals surface area (Å²) in [6.07, 6.45) is 2.63. The Bertz CT molecular complexity index is 1250. The number of thioether (sulfide) groups is 1. The molecule has 4 heterocycles. The van der Waals surface area contributed by atoms with Gasteiger partial charge in [-0.2, -0.15) is 0 Å². The number of carbonyl (C=O) groups is 1. The number of fused-ring (bicyclic) bond motifs is 2. The van der Waals surface area contributed by atoms with Gasteiger partial charge in [-0.1, -0.05) is 30.3 Å². The molecule has 0 radical (unpaired) electrons. The highest BCUT2D eigenvalue weighted by Gasteiger charge is 2.32. The molecule has 0 fully saturated rings. The minimum Gasteiger partial charge on any atom is -0.330 e. The van der Waals surface area contributed by atoms with Crippen LogP contribution >= 0.6 is 34.4 Å². The van der Waals surface area contributed by atoms with Crippen LogP contribution in [0, 0.1) is 0 Å². The van der Waals surface area contributed by atoms with E-state index in [9.17, 15) is 9.59 Å². The van der Waals surface area contributed by atoms with Crippen LogP contribution in [0.1, 0.15) is 27.7 Å². The van der Waals surface area contributed by atoms with Crippen molar-refractivity contribution in [1.29, 1.82) is 0 Å². The molecule has 0 unspecified atom stereocenters. The third-order valence-electron chi connectivity index (χ3n) is 5.23. The summed E-state index contributed by atoms with van der Waals surface area (Å²) >= 11 is 4.73. The average molecular weight is 454 g/mol. The monoisotopic (exact) mass is 453 g/mol. The maximum absolute atomic E-state index is 13.2. The second kappa shape index (κ2) is 8.37. The van der Waals surface area contributed by atoms with Crippen molar-refractivity contribution in [2.24, 2.45) is 0 Å². The van der Waals surface area contributed by atoms with E-state index in [1.54, 1.807) is 28.0 Å². The van der Waals surface area contributed by atoms with E-state index >= 15 is 0 Å². The highest BCUT2D eigenvalue weighted by molar-refractivity contribution is 7.99. The van der Waals surface area contributed by atoms with E-state index in [0.29, 0.717) is 16.5 Å². The lowest BCUT2D eigenvalue weighted by Gasteiger charge is -2.36.